The lowest BCUT2D eigenvalue weighted by atomic mass is 10.1. The first-order valence-corrected chi connectivity index (χ1v) is 5.34. The molecule has 1 atom stereocenters. The van der Waals surface area contributed by atoms with Crippen LogP contribution in [-0.4, -0.2) is 17.7 Å². The van der Waals surface area contributed by atoms with E-state index < -0.39 is 12.0 Å². The molecule has 0 fully saturated rings. The maximum Gasteiger partial charge on any atom is 0.325 e. The molecule has 3 N–H and O–H groups in total. The first-order valence-electron chi connectivity index (χ1n) is 4.97. The van der Waals surface area contributed by atoms with Gasteiger partial charge in [0.25, 0.3) is 0 Å². The van der Waals surface area contributed by atoms with Crippen molar-refractivity contribution in [3.63, 3.8) is 0 Å². The van der Waals surface area contributed by atoms with Gasteiger partial charge in [-0.25, -0.2) is 0 Å². The molecule has 1 aromatic rings. The van der Waals surface area contributed by atoms with E-state index >= 15 is 0 Å². The van der Waals surface area contributed by atoms with Gasteiger partial charge in [-0.05, 0) is 30.2 Å². The third-order valence-electron chi connectivity index (χ3n) is 2.06. The summed E-state index contributed by atoms with van der Waals surface area (Å²) in [5, 5.41) is 9.09. The summed E-state index contributed by atoms with van der Waals surface area (Å²) in [6.45, 7) is 5.90. The number of carboxylic acid groups (broad SMARTS) is 1. The number of rotatable bonds is 5. The maximum absolute atomic E-state index is 10.7. The molecule has 0 bridgehead atoms. The van der Waals surface area contributed by atoms with Gasteiger partial charge < -0.3 is 15.6 Å². The first-order chi connectivity index (χ1) is 7.91. The van der Waals surface area contributed by atoms with Gasteiger partial charge in [-0.1, -0.05) is 24.2 Å². The van der Waals surface area contributed by atoms with Crippen molar-refractivity contribution < 1.29 is 14.6 Å². The SMILES string of the molecule is C=C(C)COc1ccc(C(N)C(=O)O)cc1Cl. The molecule has 0 saturated carbocycles. The molecular formula is C12H14ClNO3. The van der Waals surface area contributed by atoms with Crippen LogP contribution in [0.25, 0.3) is 0 Å². The van der Waals surface area contributed by atoms with Crippen LogP contribution in [0.4, 0.5) is 0 Å². The van der Waals surface area contributed by atoms with E-state index in [2.05, 4.69) is 6.58 Å². The minimum atomic E-state index is -1.10. The van der Waals surface area contributed by atoms with Gasteiger partial charge in [0.05, 0.1) is 5.02 Å². The summed E-state index contributed by atoms with van der Waals surface area (Å²) in [5.74, 6) is -0.618. The smallest absolute Gasteiger partial charge is 0.325 e. The molecule has 0 radical (unpaired) electrons. The van der Waals surface area contributed by atoms with Gasteiger partial charge in [0.2, 0.25) is 0 Å². The van der Waals surface area contributed by atoms with Gasteiger partial charge in [-0.15, -0.1) is 0 Å². The number of carboxylic acids is 1. The van der Waals surface area contributed by atoms with Crippen molar-refractivity contribution in [2.24, 2.45) is 5.73 Å². The normalized spacial score (nSPS) is 11.9. The highest BCUT2D eigenvalue weighted by molar-refractivity contribution is 6.32. The first kappa shape index (κ1) is 13.5. The second-order valence-electron chi connectivity index (χ2n) is 3.75. The van der Waals surface area contributed by atoms with Crippen molar-refractivity contribution in [2.75, 3.05) is 6.61 Å². The Labute approximate surface area is 105 Å². The molecule has 4 nitrogen and oxygen atoms in total. The Morgan fingerprint density at radius 2 is 2.29 bits per heavy atom. The van der Waals surface area contributed by atoms with Gasteiger partial charge in [-0.2, -0.15) is 0 Å². The number of carbonyl (C=O) groups is 1. The molecule has 0 amide bonds. The van der Waals surface area contributed by atoms with Gasteiger partial charge in [0.1, 0.15) is 18.4 Å². The predicted molar refractivity (Wildman–Crippen MR) is 66.3 cm³/mol. The van der Waals surface area contributed by atoms with Crippen LogP contribution < -0.4 is 10.5 Å². The number of benzene rings is 1. The van der Waals surface area contributed by atoms with Crippen LogP contribution in [0, 0.1) is 0 Å². The monoisotopic (exact) mass is 255 g/mol. The molecule has 1 unspecified atom stereocenters. The van der Waals surface area contributed by atoms with Crippen molar-refractivity contribution in [3.8, 4) is 5.75 Å². The van der Waals surface area contributed by atoms with Crippen molar-refractivity contribution in [2.45, 2.75) is 13.0 Å². The molecule has 0 heterocycles. The summed E-state index contributed by atoms with van der Waals surface area (Å²) in [7, 11) is 0. The molecular weight excluding hydrogens is 242 g/mol. The van der Waals surface area contributed by atoms with E-state index in [1.54, 1.807) is 12.1 Å². The van der Waals surface area contributed by atoms with E-state index in [-0.39, 0.29) is 0 Å². The van der Waals surface area contributed by atoms with Crippen molar-refractivity contribution in [1.29, 1.82) is 0 Å². The van der Waals surface area contributed by atoms with Gasteiger partial charge in [0.15, 0.2) is 0 Å². The summed E-state index contributed by atoms with van der Waals surface area (Å²) in [6.07, 6.45) is 0. The average molecular weight is 256 g/mol. The van der Waals surface area contributed by atoms with Crippen LogP contribution in [0.5, 0.6) is 5.75 Å². The van der Waals surface area contributed by atoms with E-state index in [1.165, 1.54) is 6.07 Å². The number of halogens is 1. The Morgan fingerprint density at radius 1 is 1.65 bits per heavy atom. The summed E-state index contributed by atoms with van der Waals surface area (Å²) < 4.78 is 5.37. The number of hydrogen-bond acceptors (Lipinski definition) is 3. The number of aliphatic carboxylic acids is 1. The van der Waals surface area contributed by atoms with E-state index in [0.29, 0.717) is 22.9 Å². The minimum absolute atomic E-state index is 0.334. The molecule has 1 rings (SSSR count). The number of ether oxygens (including phenoxy) is 1. The lowest BCUT2D eigenvalue weighted by Gasteiger charge is -2.11. The van der Waals surface area contributed by atoms with Crippen LogP contribution in [0.15, 0.2) is 30.4 Å². The summed E-state index contributed by atoms with van der Waals surface area (Å²) in [4.78, 5) is 10.7. The lowest BCUT2D eigenvalue weighted by Crippen LogP contribution is -2.20. The van der Waals surface area contributed by atoms with E-state index in [4.69, 9.17) is 27.2 Å². The largest absolute Gasteiger partial charge is 0.488 e. The van der Waals surface area contributed by atoms with Crippen LogP contribution in [0.2, 0.25) is 5.02 Å². The Kier molecular flexibility index (Phi) is 4.54. The molecule has 17 heavy (non-hydrogen) atoms. The third-order valence-corrected chi connectivity index (χ3v) is 2.35. The topological polar surface area (TPSA) is 72.5 Å². The molecule has 1 aromatic carbocycles. The zero-order valence-electron chi connectivity index (χ0n) is 9.44. The minimum Gasteiger partial charge on any atom is -0.488 e. The van der Waals surface area contributed by atoms with Crippen molar-refractivity contribution in [3.05, 3.63) is 40.9 Å². The zero-order valence-corrected chi connectivity index (χ0v) is 10.2. The maximum atomic E-state index is 10.7. The lowest BCUT2D eigenvalue weighted by molar-refractivity contribution is -0.138. The fourth-order valence-electron chi connectivity index (χ4n) is 1.17. The molecule has 92 valence electrons. The van der Waals surface area contributed by atoms with E-state index in [9.17, 15) is 4.79 Å². The Bertz CT molecular complexity index is 445. The standard InChI is InChI=1S/C12H14ClNO3/c1-7(2)6-17-10-4-3-8(5-9(10)13)11(14)12(15)16/h3-5,11H,1,6,14H2,2H3,(H,15,16). The fourth-order valence-corrected chi connectivity index (χ4v) is 1.41. The molecule has 0 aromatic heterocycles. The molecule has 0 aliphatic rings. The average Bonchev–Trinajstić information content (AvgIpc) is 2.26. The highest BCUT2D eigenvalue weighted by atomic mass is 35.5. The quantitative estimate of drug-likeness (QED) is 0.793. The van der Waals surface area contributed by atoms with Gasteiger partial charge in [-0.3, -0.25) is 4.79 Å². The zero-order chi connectivity index (χ0) is 13.0. The summed E-state index contributed by atoms with van der Waals surface area (Å²) in [5.41, 5.74) is 6.77. The van der Waals surface area contributed by atoms with Crippen LogP contribution in [-0.2, 0) is 4.79 Å². The Morgan fingerprint density at radius 3 is 2.76 bits per heavy atom. The fraction of sp³-hybridized carbons (Fsp3) is 0.250. The van der Waals surface area contributed by atoms with Crippen LogP contribution in [0.3, 0.4) is 0 Å². The van der Waals surface area contributed by atoms with Gasteiger partial charge in [0, 0.05) is 0 Å². The van der Waals surface area contributed by atoms with E-state index in [0.717, 1.165) is 5.57 Å². The molecule has 0 aliphatic heterocycles. The van der Waals surface area contributed by atoms with Crippen LogP contribution >= 0.6 is 11.6 Å². The highest BCUT2D eigenvalue weighted by Crippen LogP contribution is 2.27. The van der Waals surface area contributed by atoms with E-state index in [1.807, 2.05) is 6.92 Å². The second-order valence-corrected chi connectivity index (χ2v) is 4.16. The molecule has 0 spiro atoms. The summed E-state index contributed by atoms with van der Waals surface area (Å²) in [6, 6.07) is 3.60. The Balaban J connectivity index is 2.86. The number of nitrogens with two attached hydrogens (primary N) is 1. The Hall–Kier alpha value is -1.52. The highest BCUT2D eigenvalue weighted by Gasteiger charge is 2.15. The van der Waals surface area contributed by atoms with Gasteiger partial charge >= 0.3 is 5.97 Å². The molecule has 5 heteroatoms. The molecule has 0 aliphatic carbocycles. The number of hydrogen-bond donors (Lipinski definition) is 2. The van der Waals surface area contributed by atoms with Crippen LogP contribution in [0.1, 0.15) is 18.5 Å². The van der Waals surface area contributed by atoms with Crippen molar-refractivity contribution >= 4 is 17.6 Å². The molecule has 0 saturated heterocycles. The summed E-state index contributed by atoms with van der Waals surface area (Å²) >= 11 is 5.96. The predicted octanol–water partition coefficient (Wildman–Crippen LogP) is 2.38. The second kappa shape index (κ2) is 5.70. The third kappa shape index (κ3) is 3.76. The van der Waals surface area contributed by atoms with Crippen molar-refractivity contribution in [1.82, 2.24) is 0 Å².